The molecule has 1 fully saturated rings. The molecule has 2 aromatic carbocycles. The highest BCUT2D eigenvalue weighted by atomic mass is 19.4. The number of amides is 2. The number of carbonyl (C=O) groups excluding carboxylic acids is 1. The number of alkyl halides is 3. The molecule has 2 heterocycles. The zero-order chi connectivity index (χ0) is 24.1. The van der Waals surface area contributed by atoms with Gasteiger partial charge in [0.15, 0.2) is 0 Å². The molecule has 0 aliphatic carbocycles. The number of nitrogens with one attached hydrogen (secondary N) is 1. The van der Waals surface area contributed by atoms with Crippen LogP contribution in [0.25, 0.3) is 0 Å². The van der Waals surface area contributed by atoms with Crippen LogP contribution in [0.1, 0.15) is 11.1 Å². The van der Waals surface area contributed by atoms with E-state index in [-0.39, 0.29) is 37.4 Å². The summed E-state index contributed by atoms with van der Waals surface area (Å²) in [6, 6.07) is 10.6. The average Bonchev–Trinajstić information content (AvgIpc) is 3.25. The van der Waals surface area contributed by atoms with Crippen LogP contribution < -0.4 is 10.1 Å². The van der Waals surface area contributed by atoms with Gasteiger partial charge in [-0.2, -0.15) is 18.3 Å². The second-order valence-corrected chi connectivity index (χ2v) is 7.73. The van der Waals surface area contributed by atoms with Crippen LogP contribution in [0.3, 0.4) is 0 Å². The number of hydrogen-bond acceptors (Lipinski definition) is 4. The smallest absolute Gasteiger partial charge is 0.419 e. The Hall–Kier alpha value is -3.60. The maximum atomic E-state index is 13.1. The maximum absolute atomic E-state index is 13.1. The Morgan fingerprint density at radius 3 is 2.71 bits per heavy atom. The lowest BCUT2D eigenvalue weighted by molar-refractivity contribution is -0.139. The second-order valence-electron chi connectivity index (χ2n) is 7.73. The van der Waals surface area contributed by atoms with Crippen LogP contribution in [-0.2, 0) is 17.5 Å². The topological polar surface area (TPSA) is 68.6 Å². The first-order valence-electron chi connectivity index (χ1n) is 10.5. The maximum Gasteiger partial charge on any atom is 0.419 e. The lowest BCUT2D eigenvalue weighted by Crippen LogP contribution is -2.49. The van der Waals surface area contributed by atoms with E-state index in [4.69, 9.17) is 9.47 Å². The Balaban J connectivity index is 1.30. The summed E-state index contributed by atoms with van der Waals surface area (Å²) in [6.07, 6.45) is -1.97. The molecular weight excluding hydrogens is 456 g/mol. The van der Waals surface area contributed by atoms with Gasteiger partial charge in [-0.25, -0.2) is 9.18 Å². The van der Waals surface area contributed by atoms with Gasteiger partial charge in [0, 0.05) is 12.7 Å². The van der Waals surface area contributed by atoms with Crippen LogP contribution in [0.2, 0.25) is 0 Å². The quantitative estimate of drug-likeness (QED) is 0.534. The van der Waals surface area contributed by atoms with Gasteiger partial charge in [-0.3, -0.25) is 4.68 Å². The zero-order valence-electron chi connectivity index (χ0n) is 18.0. The summed E-state index contributed by atoms with van der Waals surface area (Å²) in [4.78, 5) is 14.2. The summed E-state index contributed by atoms with van der Waals surface area (Å²) in [7, 11) is 0. The van der Waals surface area contributed by atoms with Gasteiger partial charge in [-0.15, -0.1) is 0 Å². The van der Waals surface area contributed by atoms with Crippen LogP contribution in [0.15, 0.2) is 60.9 Å². The molecule has 7 nitrogen and oxygen atoms in total. The van der Waals surface area contributed by atoms with E-state index in [0.717, 1.165) is 11.6 Å². The van der Waals surface area contributed by atoms with E-state index in [1.807, 2.05) is 0 Å². The molecule has 2 amide bonds. The average molecular weight is 478 g/mol. The van der Waals surface area contributed by atoms with Crippen molar-refractivity contribution < 1.29 is 31.8 Å². The van der Waals surface area contributed by atoms with Gasteiger partial charge in [-0.05, 0) is 29.8 Å². The molecule has 1 N–H and O–H groups in total. The Bertz CT molecular complexity index is 1120. The number of halogens is 4. The SMILES string of the molecule is O=C(Nc1cnn(Cc2ccc(F)cc2)c1)N1CCOC(COc2ccccc2C(F)(F)F)C1. The minimum Gasteiger partial charge on any atom is -0.490 e. The van der Waals surface area contributed by atoms with E-state index < -0.39 is 17.8 Å². The molecule has 1 aromatic heterocycles. The van der Waals surface area contributed by atoms with Crippen molar-refractivity contribution in [1.29, 1.82) is 0 Å². The third-order valence-electron chi connectivity index (χ3n) is 5.19. The number of morpholine rings is 1. The first-order valence-corrected chi connectivity index (χ1v) is 10.5. The molecule has 0 saturated carbocycles. The molecule has 0 radical (unpaired) electrons. The molecule has 1 atom stereocenters. The fourth-order valence-corrected chi connectivity index (χ4v) is 3.51. The van der Waals surface area contributed by atoms with Gasteiger partial charge >= 0.3 is 12.2 Å². The number of para-hydroxylation sites is 1. The van der Waals surface area contributed by atoms with Crippen LogP contribution in [0, 0.1) is 5.82 Å². The van der Waals surface area contributed by atoms with Crippen molar-refractivity contribution in [2.45, 2.75) is 18.8 Å². The molecular formula is C23H22F4N4O3. The van der Waals surface area contributed by atoms with Crippen molar-refractivity contribution in [2.24, 2.45) is 0 Å². The van der Waals surface area contributed by atoms with Gasteiger partial charge in [0.2, 0.25) is 0 Å². The standard InChI is InChI=1S/C23H22F4N4O3/c24-17-7-5-16(6-8-17)12-31-13-18(11-28-31)29-22(32)30-9-10-33-19(14-30)15-34-21-4-2-1-3-20(21)23(25,26)27/h1-8,11,13,19H,9-10,12,14-15H2,(H,29,32). The van der Waals surface area contributed by atoms with Gasteiger partial charge < -0.3 is 19.7 Å². The Morgan fingerprint density at radius 1 is 1.18 bits per heavy atom. The van der Waals surface area contributed by atoms with Crippen molar-refractivity contribution in [3.63, 3.8) is 0 Å². The number of hydrogen-bond donors (Lipinski definition) is 1. The predicted octanol–water partition coefficient (Wildman–Crippen LogP) is 4.40. The molecule has 0 spiro atoms. The summed E-state index contributed by atoms with van der Waals surface area (Å²) in [6.45, 7) is 0.986. The number of anilines is 1. The van der Waals surface area contributed by atoms with E-state index in [1.165, 1.54) is 41.4 Å². The monoisotopic (exact) mass is 478 g/mol. The number of benzene rings is 2. The molecule has 3 aromatic rings. The van der Waals surface area contributed by atoms with Crippen LogP contribution >= 0.6 is 0 Å². The van der Waals surface area contributed by atoms with Crippen LogP contribution in [0.4, 0.5) is 28.0 Å². The fraction of sp³-hybridized carbons (Fsp3) is 0.304. The number of rotatable bonds is 6. The number of ether oxygens (including phenoxy) is 2. The number of carbonyl (C=O) groups is 1. The molecule has 4 rings (SSSR count). The van der Waals surface area contributed by atoms with Crippen LogP contribution in [-0.4, -0.2) is 53.1 Å². The summed E-state index contributed by atoms with van der Waals surface area (Å²) in [5.74, 6) is -0.607. The van der Waals surface area contributed by atoms with E-state index in [0.29, 0.717) is 18.8 Å². The summed E-state index contributed by atoms with van der Waals surface area (Å²) >= 11 is 0. The van der Waals surface area contributed by atoms with Crippen molar-refractivity contribution in [2.75, 3.05) is 31.6 Å². The molecule has 1 aliphatic rings. The fourth-order valence-electron chi connectivity index (χ4n) is 3.51. The number of nitrogens with zero attached hydrogens (tertiary/aromatic N) is 3. The lowest BCUT2D eigenvalue weighted by atomic mass is 10.2. The van der Waals surface area contributed by atoms with Gasteiger partial charge in [-0.1, -0.05) is 24.3 Å². The van der Waals surface area contributed by atoms with Crippen molar-refractivity contribution in [1.82, 2.24) is 14.7 Å². The van der Waals surface area contributed by atoms with E-state index >= 15 is 0 Å². The Labute approximate surface area is 192 Å². The van der Waals surface area contributed by atoms with Crippen molar-refractivity contribution in [3.05, 3.63) is 77.9 Å². The highest BCUT2D eigenvalue weighted by molar-refractivity contribution is 5.89. The molecule has 1 aliphatic heterocycles. The summed E-state index contributed by atoms with van der Waals surface area (Å²) in [5.41, 5.74) is 0.467. The molecule has 180 valence electrons. The van der Waals surface area contributed by atoms with Crippen LogP contribution in [0.5, 0.6) is 5.75 Å². The Kier molecular flexibility index (Phi) is 7.01. The van der Waals surface area contributed by atoms with Crippen molar-refractivity contribution in [3.8, 4) is 5.75 Å². The predicted molar refractivity (Wildman–Crippen MR) is 115 cm³/mol. The molecule has 0 bridgehead atoms. The minimum absolute atomic E-state index is 0.132. The number of urea groups is 1. The van der Waals surface area contributed by atoms with E-state index in [1.54, 1.807) is 23.0 Å². The van der Waals surface area contributed by atoms with E-state index in [9.17, 15) is 22.4 Å². The third-order valence-corrected chi connectivity index (χ3v) is 5.19. The molecule has 34 heavy (non-hydrogen) atoms. The van der Waals surface area contributed by atoms with Gasteiger partial charge in [0.1, 0.15) is 24.3 Å². The third kappa shape index (κ3) is 6.04. The Morgan fingerprint density at radius 2 is 1.94 bits per heavy atom. The highest BCUT2D eigenvalue weighted by Gasteiger charge is 2.34. The molecule has 1 saturated heterocycles. The molecule has 11 heteroatoms. The van der Waals surface area contributed by atoms with E-state index in [2.05, 4.69) is 10.4 Å². The number of aromatic nitrogens is 2. The minimum atomic E-state index is -4.53. The highest BCUT2D eigenvalue weighted by Crippen LogP contribution is 2.36. The largest absolute Gasteiger partial charge is 0.490 e. The summed E-state index contributed by atoms with van der Waals surface area (Å²) < 4.78 is 65.0. The van der Waals surface area contributed by atoms with Gasteiger partial charge in [0.05, 0.1) is 37.1 Å². The van der Waals surface area contributed by atoms with Crippen molar-refractivity contribution >= 4 is 11.7 Å². The second kappa shape index (κ2) is 10.1. The first-order chi connectivity index (χ1) is 16.3. The van der Waals surface area contributed by atoms with Gasteiger partial charge in [0.25, 0.3) is 0 Å². The zero-order valence-corrected chi connectivity index (χ0v) is 18.0. The normalized spacial score (nSPS) is 16.4. The first kappa shape index (κ1) is 23.6. The molecule has 1 unspecified atom stereocenters. The summed E-state index contributed by atoms with van der Waals surface area (Å²) in [5, 5.41) is 6.94. The lowest BCUT2D eigenvalue weighted by Gasteiger charge is -2.32.